The highest BCUT2D eigenvalue weighted by atomic mass is 16.5. The SMILES string of the molecule is CC(C)NC(=O)Nc1cccc(C(=O)NCC(C)N2CC(C)OC(C)C2)c1. The smallest absolute Gasteiger partial charge is 0.319 e. The Balaban J connectivity index is 1.88. The van der Waals surface area contributed by atoms with E-state index in [9.17, 15) is 9.59 Å². The number of hydrogen-bond acceptors (Lipinski definition) is 4. The summed E-state index contributed by atoms with van der Waals surface area (Å²) in [4.78, 5) is 26.6. The Hall–Kier alpha value is -2.12. The molecule has 1 saturated heterocycles. The molecule has 3 N–H and O–H groups in total. The van der Waals surface area contributed by atoms with Crippen LogP contribution >= 0.6 is 0 Å². The number of benzene rings is 1. The Morgan fingerprint density at radius 2 is 1.85 bits per heavy atom. The van der Waals surface area contributed by atoms with Gasteiger partial charge in [0.05, 0.1) is 12.2 Å². The lowest BCUT2D eigenvalue weighted by molar-refractivity contribution is -0.0778. The number of rotatable bonds is 6. The zero-order chi connectivity index (χ0) is 20.0. The van der Waals surface area contributed by atoms with Gasteiger partial charge in [-0.1, -0.05) is 6.07 Å². The van der Waals surface area contributed by atoms with E-state index in [1.54, 1.807) is 24.3 Å². The molecule has 7 nitrogen and oxygen atoms in total. The van der Waals surface area contributed by atoms with Gasteiger partial charge in [0.25, 0.3) is 5.91 Å². The first-order chi connectivity index (χ1) is 12.7. The average Bonchev–Trinajstić information content (AvgIpc) is 2.57. The topological polar surface area (TPSA) is 82.7 Å². The maximum atomic E-state index is 12.5. The van der Waals surface area contributed by atoms with Crippen molar-refractivity contribution in [1.29, 1.82) is 0 Å². The van der Waals surface area contributed by atoms with Crippen LogP contribution in [-0.2, 0) is 4.74 Å². The summed E-state index contributed by atoms with van der Waals surface area (Å²) in [7, 11) is 0. The molecule has 3 unspecified atom stereocenters. The van der Waals surface area contributed by atoms with Crippen molar-refractivity contribution in [2.45, 2.75) is 58.9 Å². The minimum Gasteiger partial charge on any atom is -0.373 e. The van der Waals surface area contributed by atoms with E-state index in [4.69, 9.17) is 4.74 Å². The summed E-state index contributed by atoms with van der Waals surface area (Å²) in [6.07, 6.45) is 0.401. The Morgan fingerprint density at radius 1 is 1.19 bits per heavy atom. The summed E-state index contributed by atoms with van der Waals surface area (Å²) in [6, 6.07) is 6.92. The Bertz CT molecular complexity index is 640. The molecule has 1 aliphatic rings. The van der Waals surface area contributed by atoms with Crippen molar-refractivity contribution >= 4 is 17.6 Å². The number of carbonyl (C=O) groups is 2. The quantitative estimate of drug-likeness (QED) is 0.712. The van der Waals surface area contributed by atoms with Crippen LogP contribution in [0.2, 0.25) is 0 Å². The molecule has 0 bridgehead atoms. The summed E-state index contributed by atoms with van der Waals surface area (Å²) >= 11 is 0. The van der Waals surface area contributed by atoms with Crippen LogP contribution in [0.1, 0.15) is 45.0 Å². The molecule has 0 aromatic heterocycles. The zero-order valence-corrected chi connectivity index (χ0v) is 16.9. The second kappa shape index (κ2) is 9.71. The van der Waals surface area contributed by atoms with E-state index in [1.807, 2.05) is 13.8 Å². The van der Waals surface area contributed by atoms with Gasteiger partial charge in [-0.25, -0.2) is 4.79 Å². The van der Waals surface area contributed by atoms with Crippen molar-refractivity contribution in [3.63, 3.8) is 0 Å². The number of anilines is 1. The minimum absolute atomic E-state index is 0.0450. The Kier molecular flexibility index (Phi) is 7.62. The molecule has 3 amide bonds. The number of carbonyl (C=O) groups excluding carboxylic acids is 2. The van der Waals surface area contributed by atoms with Gasteiger partial charge in [-0.15, -0.1) is 0 Å². The van der Waals surface area contributed by atoms with Crippen LogP contribution in [0.3, 0.4) is 0 Å². The zero-order valence-electron chi connectivity index (χ0n) is 16.9. The molecule has 1 aromatic carbocycles. The average molecular weight is 377 g/mol. The van der Waals surface area contributed by atoms with Crippen LogP contribution in [0.5, 0.6) is 0 Å². The Morgan fingerprint density at radius 3 is 2.48 bits per heavy atom. The third-order valence-corrected chi connectivity index (χ3v) is 4.43. The molecule has 0 aliphatic carbocycles. The number of nitrogens with one attached hydrogen (secondary N) is 3. The molecule has 0 saturated carbocycles. The van der Waals surface area contributed by atoms with Crippen molar-refractivity contribution in [2.24, 2.45) is 0 Å². The number of hydrogen-bond donors (Lipinski definition) is 3. The van der Waals surface area contributed by atoms with Crippen LogP contribution in [-0.4, -0.2) is 60.8 Å². The molecular formula is C20H32N4O3. The minimum atomic E-state index is -0.285. The van der Waals surface area contributed by atoms with Crippen LogP contribution in [0.25, 0.3) is 0 Å². The molecule has 150 valence electrons. The largest absolute Gasteiger partial charge is 0.373 e. The van der Waals surface area contributed by atoms with E-state index in [1.165, 1.54) is 0 Å². The first-order valence-electron chi connectivity index (χ1n) is 9.60. The maximum absolute atomic E-state index is 12.5. The summed E-state index contributed by atoms with van der Waals surface area (Å²) in [5.41, 5.74) is 1.11. The van der Waals surface area contributed by atoms with Gasteiger partial charge in [0.1, 0.15) is 0 Å². The van der Waals surface area contributed by atoms with Crippen LogP contribution in [0.4, 0.5) is 10.5 Å². The standard InChI is InChI=1S/C20H32N4O3/c1-13(2)22-20(26)23-18-8-6-7-17(9-18)19(25)21-10-14(3)24-11-15(4)27-16(5)12-24/h6-9,13-16H,10-12H2,1-5H3,(H,21,25)(H2,22,23,26). The van der Waals surface area contributed by atoms with Gasteiger partial charge >= 0.3 is 6.03 Å². The first kappa shape index (κ1) is 21.2. The van der Waals surface area contributed by atoms with E-state index in [0.717, 1.165) is 13.1 Å². The summed E-state index contributed by atoms with van der Waals surface area (Å²) in [6.45, 7) is 12.3. The molecule has 1 fully saturated rings. The predicted molar refractivity (Wildman–Crippen MR) is 107 cm³/mol. The Labute approximate surface area is 161 Å². The van der Waals surface area contributed by atoms with Gasteiger partial charge < -0.3 is 20.7 Å². The lowest BCUT2D eigenvalue weighted by Crippen LogP contribution is -2.52. The third kappa shape index (κ3) is 6.84. The number of urea groups is 1. The first-order valence-corrected chi connectivity index (χ1v) is 9.60. The van der Waals surface area contributed by atoms with Crippen molar-refractivity contribution in [2.75, 3.05) is 25.0 Å². The highest BCUT2D eigenvalue weighted by Crippen LogP contribution is 2.14. The fourth-order valence-corrected chi connectivity index (χ4v) is 3.22. The van der Waals surface area contributed by atoms with E-state index in [-0.39, 0.29) is 36.2 Å². The molecule has 0 spiro atoms. The number of ether oxygens (including phenoxy) is 1. The lowest BCUT2D eigenvalue weighted by atomic mass is 10.1. The third-order valence-electron chi connectivity index (χ3n) is 4.43. The molecule has 1 aliphatic heterocycles. The van der Waals surface area contributed by atoms with Gasteiger partial charge in [0.15, 0.2) is 0 Å². The normalized spacial score (nSPS) is 21.6. The van der Waals surface area contributed by atoms with Crippen molar-refractivity contribution in [3.05, 3.63) is 29.8 Å². The van der Waals surface area contributed by atoms with Crippen molar-refractivity contribution in [1.82, 2.24) is 15.5 Å². The number of morpholine rings is 1. The lowest BCUT2D eigenvalue weighted by Gasteiger charge is -2.39. The second-order valence-corrected chi connectivity index (χ2v) is 7.60. The fraction of sp³-hybridized carbons (Fsp3) is 0.600. The molecule has 0 radical (unpaired) electrons. The highest BCUT2D eigenvalue weighted by Gasteiger charge is 2.25. The summed E-state index contributed by atoms with van der Waals surface area (Å²) < 4.78 is 5.76. The van der Waals surface area contributed by atoms with Gasteiger partial charge in [-0.2, -0.15) is 0 Å². The molecular weight excluding hydrogens is 344 g/mol. The summed E-state index contributed by atoms with van der Waals surface area (Å²) in [5, 5.41) is 8.49. The second-order valence-electron chi connectivity index (χ2n) is 7.60. The van der Waals surface area contributed by atoms with Crippen LogP contribution in [0, 0.1) is 0 Å². The number of amides is 3. The van der Waals surface area contributed by atoms with Crippen LogP contribution < -0.4 is 16.0 Å². The molecule has 1 aromatic rings. The van der Waals surface area contributed by atoms with Gasteiger partial charge in [-0.05, 0) is 52.8 Å². The van der Waals surface area contributed by atoms with E-state index in [2.05, 4.69) is 41.6 Å². The van der Waals surface area contributed by atoms with Gasteiger partial charge in [0, 0.05) is 43.0 Å². The fourth-order valence-electron chi connectivity index (χ4n) is 3.22. The highest BCUT2D eigenvalue weighted by molar-refractivity contribution is 5.96. The van der Waals surface area contributed by atoms with Gasteiger partial charge in [0.2, 0.25) is 0 Å². The monoisotopic (exact) mass is 376 g/mol. The van der Waals surface area contributed by atoms with E-state index < -0.39 is 0 Å². The van der Waals surface area contributed by atoms with E-state index >= 15 is 0 Å². The van der Waals surface area contributed by atoms with Crippen molar-refractivity contribution < 1.29 is 14.3 Å². The number of nitrogens with zero attached hydrogens (tertiary/aromatic N) is 1. The maximum Gasteiger partial charge on any atom is 0.319 e. The molecule has 7 heteroatoms. The molecule has 27 heavy (non-hydrogen) atoms. The van der Waals surface area contributed by atoms with Crippen molar-refractivity contribution in [3.8, 4) is 0 Å². The molecule has 1 heterocycles. The molecule has 2 rings (SSSR count). The van der Waals surface area contributed by atoms with Gasteiger partial charge in [-0.3, -0.25) is 9.69 Å². The van der Waals surface area contributed by atoms with Crippen LogP contribution in [0.15, 0.2) is 24.3 Å². The molecule has 3 atom stereocenters. The van der Waals surface area contributed by atoms with E-state index in [0.29, 0.717) is 17.8 Å². The predicted octanol–water partition coefficient (Wildman–Crippen LogP) is 2.44. The summed E-state index contributed by atoms with van der Waals surface area (Å²) in [5.74, 6) is -0.149.